The summed E-state index contributed by atoms with van der Waals surface area (Å²) >= 11 is 0. The summed E-state index contributed by atoms with van der Waals surface area (Å²) in [6.07, 6.45) is 0. The number of benzene rings is 4. The maximum atomic E-state index is 10.3. The van der Waals surface area contributed by atoms with Crippen molar-refractivity contribution in [3.8, 4) is 33.8 Å². The van der Waals surface area contributed by atoms with Crippen LogP contribution in [-0.2, 0) is 0 Å². The second-order valence-electron chi connectivity index (χ2n) is 7.30. The van der Waals surface area contributed by atoms with Gasteiger partial charge in [-0.2, -0.15) is 0 Å². The predicted octanol–water partition coefficient (Wildman–Crippen LogP) is 2.44. The topological polar surface area (TPSA) is 40.5 Å². The van der Waals surface area contributed by atoms with Crippen LogP contribution in [-0.4, -0.2) is 18.3 Å². The van der Waals surface area contributed by atoms with Crippen molar-refractivity contribution in [2.24, 2.45) is 0 Å². The Balaban J connectivity index is 1.88. The van der Waals surface area contributed by atoms with Crippen LogP contribution in [0.5, 0.6) is 11.5 Å². The van der Waals surface area contributed by atoms with E-state index in [1.165, 1.54) is 43.0 Å². The van der Waals surface area contributed by atoms with Gasteiger partial charge in [-0.25, -0.2) is 0 Å². The summed E-state index contributed by atoms with van der Waals surface area (Å²) < 4.78 is 0. The van der Waals surface area contributed by atoms with E-state index in [1.54, 1.807) is 12.1 Å². The highest BCUT2D eigenvalue weighted by Crippen LogP contribution is 2.37. The van der Waals surface area contributed by atoms with Gasteiger partial charge in [-0.05, 0) is 67.3 Å². The Bertz CT molecular complexity index is 1160. The van der Waals surface area contributed by atoms with Crippen LogP contribution in [0.1, 0.15) is 0 Å². The molecule has 2 aliphatic heterocycles. The normalized spacial score (nSPS) is 14.5. The van der Waals surface area contributed by atoms with E-state index in [2.05, 4.69) is 48.5 Å². The maximum Gasteiger partial charge on any atom is 0.182 e. The zero-order valence-corrected chi connectivity index (χ0v) is 15.5. The van der Waals surface area contributed by atoms with Gasteiger partial charge in [0, 0.05) is 0 Å². The quantitative estimate of drug-likeness (QED) is 0.407. The molecule has 0 unspecified atom stereocenters. The van der Waals surface area contributed by atoms with Crippen molar-refractivity contribution in [3.05, 3.63) is 84.9 Å². The van der Waals surface area contributed by atoms with Gasteiger partial charge in [0.1, 0.15) is 11.5 Å². The standard InChI is InChI=1S/C24H16O2Si/c25-15-9-11-19-17-5-1-3-7-21(17)27(23(19)13-15)22-8-4-2-6-18(22)20-12-10-16(26)14-24(20)27/h1-14,25-26H. The van der Waals surface area contributed by atoms with E-state index < -0.39 is 8.07 Å². The molecule has 0 bridgehead atoms. The molecule has 0 aliphatic carbocycles. The second-order valence-corrected chi connectivity index (χ2v) is 11.0. The van der Waals surface area contributed by atoms with Gasteiger partial charge in [0.05, 0.1) is 0 Å². The van der Waals surface area contributed by atoms with Crippen molar-refractivity contribution in [2.75, 3.05) is 0 Å². The minimum atomic E-state index is -2.53. The van der Waals surface area contributed by atoms with Gasteiger partial charge in [-0.1, -0.05) is 60.7 Å². The number of rotatable bonds is 0. The Kier molecular flexibility index (Phi) is 2.69. The summed E-state index contributed by atoms with van der Waals surface area (Å²) in [5.74, 6) is 0.582. The first-order valence-electron chi connectivity index (χ1n) is 9.08. The van der Waals surface area contributed by atoms with Gasteiger partial charge in [0.2, 0.25) is 0 Å². The molecule has 0 saturated heterocycles. The van der Waals surface area contributed by atoms with Crippen LogP contribution in [0.4, 0.5) is 0 Å². The third kappa shape index (κ3) is 1.65. The van der Waals surface area contributed by atoms with Gasteiger partial charge in [-0.15, -0.1) is 0 Å². The monoisotopic (exact) mass is 364 g/mol. The number of hydrogen-bond donors (Lipinski definition) is 2. The van der Waals surface area contributed by atoms with Crippen molar-refractivity contribution in [1.29, 1.82) is 0 Å². The molecule has 1 spiro atoms. The highest BCUT2D eigenvalue weighted by Gasteiger charge is 2.54. The molecular weight excluding hydrogens is 348 g/mol. The molecule has 2 nitrogen and oxygen atoms in total. The van der Waals surface area contributed by atoms with E-state index in [-0.39, 0.29) is 0 Å². The summed E-state index contributed by atoms with van der Waals surface area (Å²) in [7, 11) is -2.53. The van der Waals surface area contributed by atoms with E-state index in [4.69, 9.17) is 0 Å². The molecule has 2 aliphatic rings. The van der Waals surface area contributed by atoms with Crippen LogP contribution in [0.2, 0.25) is 0 Å². The molecule has 4 aromatic carbocycles. The van der Waals surface area contributed by atoms with Crippen LogP contribution in [0.15, 0.2) is 84.9 Å². The predicted molar refractivity (Wildman–Crippen MR) is 111 cm³/mol. The third-order valence-electron chi connectivity index (χ3n) is 6.06. The molecule has 2 N–H and O–H groups in total. The molecule has 6 rings (SSSR count). The van der Waals surface area contributed by atoms with Gasteiger partial charge in [0.25, 0.3) is 0 Å². The highest BCUT2D eigenvalue weighted by atomic mass is 28.3. The fourth-order valence-corrected chi connectivity index (χ4v) is 10.8. The molecule has 128 valence electrons. The zero-order valence-electron chi connectivity index (χ0n) is 14.5. The van der Waals surface area contributed by atoms with E-state index in [1.807, 2.05) is 24.3 Å². The van der Waals surface area contributed by atoms with Crippen LogP contribution < -0.4 is 20.7 Å². The smallest absolute Gasteiger partial charge is 0.182 e. The Morgan fingerprint density at radius 2 is 0.852 bits per heavy atom. The van der Waals surface area contributed by atoms with Gasteiger partial charge in [0.15, 0.2) is 8.07 Å². The lowest BCUT2D eigenvalue weighted by Gasteiger charge is -2.27. The van der Waals surface area contributed by atoms with Crippen molar-refractivity contribution in [3.63, 3.8) is 0 Å². The molecule has 0 fully saturated rings. The van der Waals surface area contributed by atoms with Crippen molar-refractivity contribution < 1.29 is 10.2 Å². The summed E-state index contributed by atoms with van der Waals surface area (Å²) in [5, 5.41) is 25.8. The average Bonchev–Trinajstić information content (AvgIpc) is 3.14. The number of phenolic OH excluding ortho intramolecular Hbond substituents is 2. The molecule has 0 atom stereocenters. The fraction of sp³-hybridized carbons (Fsp3) is 0. The second kappa shape index (κ2) is 4.90. The Morgan fingerprint density at radius 3 is 1.33 bits per heavy atom. The number of fused-ring (bicyclic) bond motifs is 10. The van der Waals surface area contributed by atoms with Crippen LogP contribution in [0.3, 0.4) is 0 Å². The SMILES string of the molecule is Oc1ccc2c(c1)[Si]1(c3ccccc3-2)c2ccccc2-c2ccc(O)cc21. The van der Waals surface area contributed by atoms with Gasteiger partial charge in [-0.3, -0.25) is 0 Å². The minimum absolute atomic E-state index is 0.291. The van der Waals surface area contributed by atoms with E-state index >= 15 is 0 Å². The Labute approximate surface area is 158 Å². The van der Waals surface area contributed by atoms with Crippen LogP contribution in [0, 0.1) is 0 Å². The number of hydrogen-bond acceptors (Lipinski definition) is 2. The van der Waals surface area contributed by atoms with Crippen LogP contribution in [0.25, 0.3) is 22.3 Å². The molecular formula is C24H16O2Si. The first-order chi connectivity index (χ1) is 13.2. The lowest BCUT2D eigenvalue weighted by atomic mass is 10.1. The largest absolute Gasteiger partial charge is 0.508 e. The molecule has 0 aromatic heterocycles. The number of phenols is 2. The maximum absolute atomic E-state index is 10.3. The highest BCUT2D eigenvalue weighted by molar-refractivity contribution is 7.24. The molecule has 27 heavy (non-hydrogen) atoms. The van der Waals surface area contributed by atoms with E-state index in [9.17, 15) is 10.2 Å². The van der Waals surface area contributed by atoms with Gasteiger partial charge < -0.3 is 10.2 Å². The van der Waals surface area contributed by atoms with Crippen molar-refractivity contribution in [1.82, 2.24) is 0 Å². The van der Waals surface area contributed by atoms with Crippen molar-refractivity contribution >= 4 is 28.8 Å². The molecule has 3 heteroatoms. The third-order valence-corrected chi connectivity index (χ3v) is 11.0. The lowest BCUT2D eigenvalue weighted by Crippen LogP contribution is -2.70. The number of aromatic hydroxyl groups is 2. The summed E-state index contributed by atoms with van der Waals surface area (Å²) in [6, 6.07) is 28.7. The van der Waals surface area contributed by atoms with E-state index in [0.29, 0.717) is 11.5 Å². The average molecular weight is 364 g/mol. The van der Waals surface area contributed by atoms with Crippen molar-refractivity contribution in [2.45, 2.75) is 0 Å². The van der Waals surface area contributed by atoms with E-state index in [0.717, 1.165) is 0 Å². The fourth-order valence-electron chi connectivity index (χ4n) is 5.12. The zero-order chi connectivity index (χ0) is 18.2. The summed E-state index contributed by atoms with van der Waals surface area (Å²) in [6.45, 7) is 0. The van der Waals surface area contributed by atoms with Gasteiger partial charge >= 0.3 is 0 Å². The molecule has 0 saturated carbocycles. The molecule has 0 radical (unpaired) electrons. The van der Waals surface area contributed by atoms with Crippen LogP contribution >= 0.6 is 0 Å². The molecule has 4 aromatic rings. The Morgan fingerprint density at radius 1 is 0.444 bits per heavy atom. The Hall–Kier alpha value is -3.30. The lowest BCUT2D eigenvalue weighted by molar-refractivity contribution is 0.475. The first-order valence-corrected chi connectivity index (χ1v) is 11.1. The summed E-state index contributed by atoms with van der Waals surface area (Å²) in [5.41, 5.74) is 4.87. The molecule has 2 heterocycles. The first kappa shape index (κ1) is 14.8. The molecule has 0 amide bonds. The minimum Gasteiger partial charge on any atom is -0.508 e. The summed E-state index contributed by atoms with van der Waals surface area (Å²) in [4.78, 5) is 0.